The first kappa shape index (κ1) is 26.6. The van der Waals surface area contributed by atoms with Crippen molar-refractivity contribution in [1.82, 2.24) is 4.98 Å². The number of fused-ring (bicyclic) bond motifs is 1. The molecule has 5 rings (SSSR count). The number of hydrogen-bond acceptors (Lipinski definition) is 8. The number of benzene rings is 2. The van der Waals surface area contributed by atoms with E-state index < -0.39 is 16.0 Å². The second kappa shape index (κ2) is 10.3. The molecule has 2 aromatic carbocycles. The summed E-state index contributed by atoms with van der Waals surface area (Å²) in [6, 6.07) is 9.29. The number of methoxy groups -OCH3 is 1. The smallest absolute Gasteiger partial charge is 0.337 e. The zero-order chi connectivity index (χ0) is 27.1. The highest BCUT2D eigenvalue weighted by Crippen LogP contribution is 2.41. The molecule has 0 radical (unpaired) electrons. The lowest BCUT2D eigenvalue weighted by Crippen LogP contribution is -2.50. The molecule has 1 aliphatic heterocycles. The molecule has 0 amide bonds. The third kappa shape index (κ3) is 5.17. The molecule has 2 heterocycles. The van der Waals surface area contributed by atoms with Crippen LogP contribution in [0, 0.1) is 19.3 Å². The molecule has 8 nitrogen and oxygen atoms in total. The van der Waals surface area contributed by atoms with Crippen LogP contribution in [0.4, 0.5) is 5.69 Å². The number of thiazole rings is 1. The van der Waals surface area contributed by atoms with Crippen molar-refractivity contribution in [2.75, 3.05) is 31.2 Å². The molecule has 1 fully saturated rings. The van der Waals surface area contributed by atoms with Gasteiger partial charge < -0.3 is 14.2 Å². The molecule has 0 saturated carbocycles. The van der Waals surface area contributed by atoms with Gasteiger partial charge in [0.05, 0.1) is 31.6 Å². The monoisotopic (exact) mass is 556 g/mol. The van der Waals surface area contributed by atoms with Gasteiger partial charge in [0.2, 0.25) is 4.34 Å². The molecule has 10 heteroatoms. The molecule has 0 N–H and O–H groups in total. The van der Waals surface area contributed by atoms with E-state index in [9.17, 15) is 13.2 Å². The van der Waals surface area contributed by atoms with Crippen LogP contribution in [0.3, 0.4) is 0 Å². The van der Waals surface area contributed by atoms with Crippen LogP contribution in [0.15, 0.2) is 40.1 Å². The van der Waals surface area contributed by atoms with Crippen molar-refractivity contribution < 1.29 is 27.4 Å². The number of ether oxygens (including phenoxy) is 3. The summed E-state index contributed by atoms with van der Waals surface area (Å²) in [5.41, 5.74) is 5.47. The van der Waals surface area contributed by atoms with Gasteiger partial charge in [0.1, 0.15) is 12.4 Å². The zero-order valence-electron chi connectivity index (χ0n) is 22.1. The van der Waals surface area contributed by atoms with E-state index in [1.807, 2.05) is 32.0 Å². The summed E-state index contributed by atoms with van der Waals surface area (Å²) in [6.45, 7) is 7.20. The van der Waals surface area contributed by atoms with E-state index in [4.69, 9.17) is 14.2 Å². The minimum absolute atomic E-state index is 0.0690. The summed E-state index contributed by atoms with van der Waals surface area (Å²) in [5.74, 6) is 0.121. The topological polar surface area (TPSA) is 95.0 Å². The van der Waals surface area contributed by atoms with E-state index in [-0.39, 0.29) is 22.9 Å². The second-order valence-corrected chi connectivity index (χ2v) is 13.3. The number of carbonyl (C=O) groups is 1. The molecule has 1 saturated heterocycles. The minimum Gasteiger partial charge on any atom is -0.487 e. The number of anilines is 1. The van der Waals surface area contributed by atoms with Crippen LogP contribution in [0.1, 0.15) is 51.7 Å². The zero-order valence-corrected chi connectivity index (χ0v) is 23.7. The van der Waals surface area contributed by atoms with Gasteiger partial charge in [-0.25, -0.2) is 9.78 Å². The van der Waals surface area contributed by atoms with Gasteiger partial charge in [-0.3, -0.25) is 4.31 Å². The van der Waals surface area contributed by atoms with Gasteiger partial charge in [-0.2, -0.15) is 8.42 Å². The van der Waals surface area contributed by atoms with Gasteiger partial charge in [0.15, 0.2) is 0 Å². The molecule has 38 heavy (non-hydrogen) atoms. The lowest BCUT2D eigenvalue weighted by molar-refractivity contribution is -0.0941. The predicted octanol–water partition coefficient (Wildman–Crippen LogP) is 4.85. The molecule has 202 valence electrons. The first-order valence-electron chi connectivity index (χ1n) is 12.6. The normalized spacial score (nSPS) is 16.0. The van der Waals surface area contributed by atoms with Crippen LogP contribution < -0.4 is 9.04 Å². The van der Waals surface area contributed by atoms with Crippen LogP contribution in [-0.4, -0.2) is 46.2 Å². The number of carbonyl (C=O) groups excluding carboxylic acids is 1. The van der Waals surface area contributed by atoms with Gasteiger partial charge in [-0.15, -0.1) is 11.3 Å². The lowest BCUT2D eigenvalue weighted by Gasteiger charge is -2.42. The maximum Gasteiger partial charge on any atom is 0.337 e. The molecule has 0 bridgehead atoms. The quantitative estimate of drug-likeness (QED) is 0.348. The van der Waals surface area contributed by atoms with Gasteiger partial charge in [-0.1, -0.05) is 13.0 Å². The van der Waals surface area contributed by atoms with Gasteiger partial charge in [0, 0.05) is 23.0 Å². The van der Waals surface area contributed by atoms with Crippen LogP contribution in [0.5, 0.6) is 5.75 Å². The molecule has 0 spiro atoms. The van der Waals surface area contributed by atoms with Crippen molar-refractivity contribution in [2.45, 2.75) is 51.0 Å². The highest BCUT2D eigenvalue weighted by atomic mass is 32.2. The number of aromatic nitrogens is 1. The van der Waals surface area contributed by atoms with Crippen molar-refractivity contribution in [3.8, 4) is 5.75 Å². The van der Waals surface area contributed by atoms with E-state index >= 15 is 0 Å². The molecular formula is C28H32N2O6S2. The van der Waals surface area contributed by atoms with Crippen LogP contribution >= 0.6 is 11.3 Å². The molecule has 1 aliphatic carbocycles. The highest BCUT2D eigenvalue weighted by molar-refractivity contribution is 7.94. The van der Waals surface area contributed by atoms with Crippen molar-refractivity contribution >= 4 is 33.0 Å². The summed E-state index contributed by atoms with van der Waals surface area (Å²) in [6.07, 6.45) is 2.86. The van der Waals surface area contributed by atoms with Crippen LogP contribution in [-0.2, 0) is 38.9 Å². The standard InChI is InChI=1S/C28H32N2O6S2/c1-18-10-22(26(31)34-4)8-9-23(18)13-36-25-12-21-7-5-6-20(21)11-24(25)30(15-28(3)16-35-17-28)38(32,33)27-29-19(2)14-37-27/h8-12,14H,5-7,13,15-17H2,1-4H3. The Morgan fingerprint density at radius 1 is 1.16 bits per heavy atom. The average Bonchev–Trinajstić information content (AvgIpc) is 3.53. The van der Waals surface area contributed by atoms with Crippen molar-refractivity contribution in [3.63, 3.8) is 0 Å². The number of hydrogen-bond donors (Lipinski definition) is 0. The number of sulfonamides is 1. The average molecular weight is 557 g/mol. The molecule has 3 aromatic rings. The summed E-state index contributed by atoms with van der Waals surface area (Å²) < 4.78 is 46.2. The number of aryl methyl sites for hydroxylation is 4. The first-order valence-corrected chi connectivity index (χ1v) is 14.9. The molecule has 1 aromatic heterocycles. The maximum atomic E-state index is 14.0. The van der Waals surface area contributed by atoms with E-state index in [1.165, 1.54) is 17.0 Å². The second-order valence-electron chi connectivity index (χ2n) is 10.4. The third-order valence-electron chi connectivity index (χ3n) is 7.12. The number of rotatable bonds is 9. The van der Waals surface area contributed by atoms with E-state index in [0.717, 1.165) is 47.3 Å². The SMILES string of the molecule is COC(=O)c1ccc(COc2cc3c(cc2N(CC2(C)COC2)S(=O)(=O)c2nc(C)cs2)CCC3)c(C)c1. The molecule has 0 atom stereocenters. The largest absolute Gasteiger partial charge is 0.487 e. The lowest BCUT2D eigenvalue weighted by atomic mass is 9.88. The van der Waals surface area contributed by atoms with Gasteiger partial charge >= 0.3 is 5.97 Å². The summed E-state index contributed by atoms with van der Waals surface area (Å²) >= 11 is 1.13. The fourth-order valence-electron chi connectivity index (χ4n) is 4.89. The third-order valence-corrected chi connectivity index (χ3v) is 10.2. The Kier molecular flexibility index (Phi) is 7.23. The minimum atomic E-state index is -3.94. The predicted molar refractivity (Wildman–Crippen MR) is 146 cm³/mol. The van der Waals surface area contributed by atoms with Crippen LogP contribution in [0.2, 0.25) is 0 Å². The molecule has 0 unspecified atom stereocenters. The Morgan fingerprint density at radius 2 is 1.89 bits per heavy atom. The van der Waals surface area contributed by atoms with Gasteiger partial charge in [0.25, 0.3) is 10.0 Å². The van der Waals surface area contributed by atoms with Gasteiger partial charge in [-0.05, 0) is 79.6 Å². The Bertz CT molecular complexity index is 1480. The summed E-state index contributed by atoms with van der Waals surface area (Å²) in [7, 11) is -2.58. The Hall–Kier alpha value is -2.95. The van der Waals surface area contributed by atoms with E-state index in [2.05, 4.69) is 4.98 Å². The van der Waals surface area contributed by atoms with Crippen molar-refractivity contribution in [2.24, 2.45) is 5.41 Å². The molecular weight excluding hydrogens is 524 g/mol. The van der Waals surface area contributed by atoms with Crippen molar-refractivity contribution in [3.05, 3.63) is 69.2 Å². The fourth-order valence-corrected chi connectivity index (χ4v) is 7.64. The Morgan fingerprint density at radius 3 is 2.50 bits per heavy atom. The fraction of sp³-hybridized carbons (Fsp3) is 0.429. The van der Waals surface area contributed by atoms with E-state index in [0.29, 0.717) is 35.9 Å². The summed E-state index contributed by atoms with van der Waals surface area (Å²) in [4.78, 5) is 16.2. The van der Waals surface area contributed by atoms with E-state index in [1.54, 1.807) is 24.4 Å². The Labute approximate surface area is 227 Å². The number of nitrogens with zero attached hydrogens (tertiary/aromatic N) is 2. The highest BCUT2D eigenvalue weighted by Gasteiger charge is 2.41. The van der Waals surface area contributed by atoms with Crippen LogP contribution in [0.25, 0.3) is 0 Å². The number of esters is 1. The first-order chi connectivity index (χ1) is 18.1. The molecule has 2 aliphatic rings. The summed E-state index contributed by atoms with van der Waals surface area (Å²) in [5, 5.41) is 1.75. The Balaban J connectivity index is 1.54. The van der Waals surface area contributed by atoms with Crippen molar-refractivity contribution in [1.29, 1.82) is 0 Å². The maximum absolute atomic E-state index is 14.0.